The Hall–Kier alpha value is -1.14. The van der Waals surface area contributed by atoms with E-state index in [4.69, 9.17) is 4.74 Å². The molecule has 2 saturated heterocycles. The molecule has 21 heavy (non-hydrogen) atoms. The van der Waals surface area contributed by atoms with Gasteiger partial charge in [-0.15, -0.1) is 0 Å². The van der Waals surface area contributed by atoms with Crippen molar-refractivity contribution in [2.24, 2.45) is 0 Å². The molecule has 0 spiro atoms. The Bertz CT molecular complexity index is 502. The molecular formula is C15H19FN2O2S. The molecule has 2 aliphatic rings. The lowest BCUT2D eigenvalue weighted by molar-refractivity contribution is 0.0437. The summed E-state index contributed by atoms with van der Waals surface area (Å²) in [6.07, 6.45) is 4.42. The largest absolute Gasteiger partial charge is 0.376 e. The van der Waals surface area contributed by atoms with Crippen LogP contribution in [0.4, 0.5) is 4.39 Å². The Labute approximate surface area is 128 Å². The first-order valence-electron chi connectivity index (χ1n) is 7.36. The first-order valence-corrected chi connectivity index (χ1v) is 8.52. The smallest absolute Gasteiger partial charge is 0.258 e. The highest BCUT2D eigenvalue weighted by Crippen LogP contribution is 2.26. The first-order chi connectivity index (χ1) is 10.3. The predicted octanol–water partition coefficient (Wildman–Crippen LogP) is 2.35. The molecule has 2 unspecified atom stereocenters. The second-order valence-corrected chi connectivity index (χ2v) is 6.60. The van der Waals surface area contributed by atoms with Gasteiger partial charge in [-0.05, 0) is 37.1 Å². The Kier molecular flexibility index (Phi) is 4.75. The molecule has 1 aromatic heterocycles. The zero-order valence-corrected chi connectivity index (χ0v) is 12.7. The van der Waals surface area contributed by atoms with Crippen molar-refractivity contribution >= 4 is 17.7 Å². The van der Waals surface area contributed by atoms with Crippen LogP contribution < -0.4 is 0 Å². The third kappa shape index (κ3) is 3.37. The van der Waals surface area contributed by atoms with E-state index in [0.717, 1.165) is 37.4 Å². The number of carbonyl (C=O) groups is 1. The Morgan fingerprint density at radius 2 is 2.43 bits per heavy atom. The molecule has 6 heteroatoms. The number of halogens is 1. The summed E-state index contributed by atoms with van der Waals surface area (Å²) in [5.74, 6) is 1.02. The fourth-order valence-corrected chi connectivity index (χ4v) is 4.10. The normalized spacial score (nSPS) is 25.2. The Morgan fingerprint density at radius 1 is 1.52 bits per heavy atom. The summed E-state index contributed by atoms with van der Waals surface area (Å²) in [5.41, 5.74) is 0.0624. The van der Waals surface area contributed by atoms with Crippen molar-refractivity contribution in [3.63, 3.8) is 0 Å². The molecule has 0 N–H and O–H groups in total. The van der Waals surface area contributed by atoms with Crippen LogP contribution in [0.5, 0.6) is 0 Å². The molecule has 1 aromatic rings. The van der Waals surface area contributed by atoms with Crippen molar-refractivity contribution in [3.05, 3.63) is 29.8 Å². The third-order valence-corrected chi connectivity index (χ3v) is 5.17. The fourth-order valence-electron chi connectivity index (χ4n) is 2.87. The van der Waals surface area contributed by atoms with Gasteiger partial charge in [-0.25, -0.2) is 4.98 Å². The van der Waals surface area contributed by atoms with Crippen LogP contribution in [0.1, 0.15) is 29.6 Å². The van der Waals surface area contributed by atoms with Crippen molar-refractivity contribution in [2.75, 3.05) is 24.7 Å². The van der Waals surface area contributed by atoms with Crippen molar-refractivity contribution in [1.82, 2.24) is 9.88 Å². The molecule has 0 aromatic carbocycles. The average Bonchev–Trinajstić information content (AvgIpc) is 3.18. The van der Waals surface area contributed by atoms with Gasteiger partial charge in [-0.1, -0.05) is 0 Å². The highest BCUT2D eigenvalue weighted by atomic mass is 32.2. The van der Waals surface area contributed by atoms with Crippen LogP contribution in [0.25, 0.3) is 0 Å². The zero-order chi connectivity index (χ0) is 14.7. The van der Waals surface area contributed by atoms with Gasteiger partial charge in [0.25, 0.3) is 5.91 Å². The lowest BCUT2D eigenvalue weighted by atomic mass is 10.1. The third-order valence-electron chi connectivity index (χ3n) is 4.02. The van der Waals surface area contributed by atoms with Gasteiger partial charge in [-0.2, -0.15) is 16.2 Å². The van der Waals surface area contributed by atoms with E-state index in [1.54, 1.807) is 11.0 Å². The Balaban J connectivity index is 1.79. The van der Waals surface area contributed by atoms with Crippen molar-refractivity contribution in [3.8, 4) is 0 Å². The van der Waals surface area contributed by atoms with Crippen molar-refractivity contribution < 1.29 is 13.9 Å². The van der Waals surface area contributed by atoms with Crippen LogP contribution >= 0.6 is 11.8 Å². The number of thioether (sulfide) groups is 1. The molecule has 4 nitrogen and oxygen atoms in total. The number of ether oxygens (including phenoxy) is 1. The molecule has 2 fully saturated rings. The predicted molar refractivity (Wildman–Crippen MR) is 79.9 cm³/mol. The fraction of sp³-hybridized carbons (Fsp3) is 0.600. The molecule has 2 aliphatic heterocycles. The van der Waals surface area contributed by atoms with Crippen molar-refractivity contribution in [1.29, 1.82) is 0 Å². The van der Waals surface area contributed by atoms with E-state index in [-0.39, 0.29) is 23.6 Å². The van der Waals surface area contributed by atoms with Crippen LogP contribution in [0.15, 0.2) is 18.3 Å². The first kappa shape index (κ1) is 14.8. The number of carbonyl (C=O) groups excluding carboxylic acids is 1. The van der Waals surface area contributed by atoms with Crippen LogP contribution in [-0.2, 0) is 4.74 Å². The van der Waals surface area contributed by atoms with Crippen molar-refractivity contribution in [2.45, 2.75) is 31.4 Å². The number of amides is 1. The van der Waals surface area contributed by atoms with E-state index in [1.165, 1.54) is 12.3 Å². The van der Waals surface area contributed by atoms with E-state index in [0.29, 0.717) is 6.54 Å². The van der Waals surface area contributed by atoms with Gasteiger partial charge < -0.3 is 9.64 Å². The number of pyridine rings is 1. The van der Waals surface area contributed by atoms with E-state index in [1.807, 2.05) is 11.8 Å². The average molecular weight is 310 g/mol. The summed E-state index contributed by atoms with van der Waals surface area (Å²) in [6, 6.07) is 3.28. The van der Waals surface area contributed by atoms with Gasteiger partial charge in [0.1, 0.15) is 0 Å². The number of hydrogen-bond donors (Lipinski definition) is 0. The minimum atomic E-state index is -0.689. The molecule has 3 rings (SSSR count). The van der Waals surface area contributed by atoms with E-state index >= 15 is 0 Å². The molecule has 0 bridgehead atoms. The Morgan fingerprint density at radius 3 is 3.10 bits per heavy atom. The summed E-state index contributed by atoms with van der Waals surface area (Å²) in [5, 5.41) is 0. The monoisotopic (exact) mass is 310 g/mol. The highest BCUT2D eigenvalue weighted by molar-refractivity contribution is 7.99. The van der Waals surface area contributed by atoms with Crippen LogP contribution in [-0.4, -0.2) is 52.6 Å². The van der Waals surface area contributed by atoms with E-state index in [2.05, 4.69) is 4.98 Å². The van der Waals surface area contributed by atoms with Gasteiger partial charge in [0.05, 0.1) is 11.7 Å². The maximum atomic E-state index is 13.8. The second-order valence-electron chi connectivity index (χ2n) is 5.45. The summed E-state index contributed by atoms with van der Waals surface area (Å²) >= 11 is 1.84. The topological polar surface area (TPSA) is 42.4 Å². The van der Waals surface area contributed by atoms with Gasteiger partial charge >= 0.3 is 0 Å². The summed E-state index contributed by atoms with van der Waals surface area (Å²) in [6.45, 7) is 1.31. The van der Waals surface area contributed by atoms with E-state index in [9.17, 15) is 9.18 Å². The number of nitrogens with zero attached hydrogens (tertiary/aromatic N) is 2. The lowest BCUT2D eigenvalue weighted by Gasteiger charge is -2.30. The molecule has 3 heterocycles. The molecule has 1 amide bonds. The van der Waals surface area contributed by atoms with Crippen LogP contribution in [0.3, 0.4) is 0 Å². The van der Waals surface area contributed by atoms with E-state index < -0.39 is 5.95 Å². The quantitative estimate of drug-likeness (QED) is 0.801. The highest BCUT2D eigenvalue weighted by Gasteiger charge is 2.32. The standard InChI is InChI=1S/C15H19FN2O2S/c16-14-13(4-1-6-17-14)15(19)18(11-5-8-21-10-11)9-12-3-2-7-20-12/h1,4,6,11-12H,2-3,5,7-10H2. The molecule has 2 atom stereocenters. The molecule has 0 saturated carbocycles. The summed E-state index contributed by atoms with van der Waals surface area (Å²) in [4.78, 5) is 18.1. The van der Waals surface area contributed by atoms with Gasteiger partial charge in [0, 0.05) is 31.1 Å². The van der Waals surface area contributed by atoms with Gasteiger partial charge in [-0.3, -0.25) is 4.79 Å². The molecule has 0 radical (unpaired) electrons. The lowest BCUT2D eigenvalue weighted by Crippen LogP contribution is -2.45. The maximum absolute atomic E-state index is 13.8. The molecule has 114 valence electrons. The second kappa shape index (κ2) is 6.75. The summed E-state index contributed by atoms with van der Waals surface area (Å²) in [7, 11) is 0. The van der Waals surface area contributed by atoms with Gasteiger partial charge in [0.2, 0.25) is 5.95 Å². The zero-order valence-electron chi connectivity index (χ0n) is 11.8. The van der Waals surface area contributed by atoms with Crippen LogP contribution in [0.2, 0.25) is 0 Å². The minimum Gasteiger partial charge on any atom is -0.376 e. The number of aromatic nitrogens is 1. The molecule has 0 aliphatic carbocycles. The SMILES string of the molecule is O=C(c1cccnc1F)N(CC1CCCO1)C1CCSC1. The number of rotatable bonds is 4. The maximum Gasteiger partial charge on any atom is 0.258 e. The minimum absolute atomic E-state index is 0.0624. The van der Waals surface area contributed by atoms with Gasteiger partial charge in [0.15, 0.2) is 0 Å². The number of hydrogen-bond acceptors (Lipinski definition) is 4. The van der Waals surface area contributed by atoms with Crippen LogP contribution in [0, 0.1) is 5.95 Å². The molecular weight excluding hydrogens is 291 g/mol. The summed E-state index contributed by atoms with van der Waals surface area (Å²) < 4.78 is 19.5.